The minimum absolute atomic E-state index is 0.779. The molecule has 0 amide bonds. The number of benzene rings is 2. The Labute approximate surface area is 115 Å². The molecule has 17 heavy (non-hydrogen) atoms. The maximum Gasteiger partial charge on any atom is 0.0335 e. The molecule has 0 aliphatic rings. The van der Waals surface area contributed by atoms with Crippen molar-refractivity contribution >= 4 is 33.4 Å². The van der Waals surface area contributed by atoms with Gasteiger partial charge in [-0.3, -0.25) is 0 Å². The number of nitrogens with two attached hydrogens (primary N) is 1. The fourth-order valence-electron chi connectivity index (χ4n) is 1.50. The zero-order chi connectivity index (χ0) is 12.4. The van der Waals surface area contributed by atoms with Crippen LogP contribution in [0.2, 0.25) is 0 Å². The van der Waals surface area contributed by atoms with Crippen molar-refractivity contribution in [3.63, 3.8) is 0 Å². The highest BCUT2D eigenvalue weighted by Crippen LogP contribution is 2.35. The van der Waals surface area contributed by atoms with Gasteiger partial charge in [0.25, 0.3) is 0 Å². The molecule has 0 aromatic heterocycles. The van der Waals surface area contributed by atoms with Crippen LogP contribution in [-0.4, -0.2) is 0 Å². The summed E-state index contributed by atoms with van der Waals surface area (Å²) < 4.78 is 1.04. The Kier molecular flexibility index (Phi) is 3.79. The standard InChI is InChI=1S/C14H14BrNS/c1-9-3-5-12(7-10(9)2)17-14-6-4-11(16)8-13(14)15/h3-8H,16H2,1-2H3. The van der Waals surface area contributed by atoms with E-state index in [1.165, 1.54) is 20.9 Å². The highest BCUT2D eigenvalue weighted by Gasteiger charge is 2.03. The smallest absolute Gasteiger partial charge is 0.0335 e. The molecule has 2 N–H and O–H groups in total. The van der Waals surface area contributed by atoms with Gasteiger partial charge in [0.2, 0.25) is 0 Å². The summed E-state index contributed by atoms with van der Waals surface area (Å²) in [6, 6.07) is 12.4. The lowest BCUT2D eigenvalue weighted by Gasteiger charge is -2.07. The van der Waals surface area contributed by atoms with Crippen LogP contribution in [0.3, 0.4) is 0 Å². The predicted octanol–water partition coefficient (Wildman–Crippen LogP) is 4.80. The molecule has 0 fully saturated rings. The first kappa shape index (κ1) is 12.5. The van der Waals surface area contributed by atoms with Gasteiger partial charge in [-0.25, -0.2) is 0 Å². The topological polar surface area (TPSA) is 26.0 Å². The highest BCUT2D eigenvalue weighted by molar-refractivity contribution is 9.10. The number of nitrogen functional groups attached to an aromatic ring is 1. The fourth-order valence-corrected chi connectivity index (χ4v) is 3.06. The van der Waals surface area contributed by atoms with Crippen LogP contribution in [0.15, 0.2) is 50.7 Å². The van der Waals surface area contributed by atoms with Crippen LogP contribution < -0.4 is 5.73 Å². The second-order valence-electron chi connectivity index (χ2n) is 4.04. The second kappa shape index (κ2) is 5.15. The number of anilines is 1. The molecule has 0 unspecified atom stereocenters. The summed E-state index contributed by atoms with van der Waals surface area (Å²) >= 11 is 5.28. The van der Waals surface area contributed by atoms with Gasteiger partial charge in [0.15, 0.2) is 0 Å². The van der Waals surface area contributed by atoms with Crippen LogP contribution in [0.4, 0.5) is 5.69 Å². The number of aryl methyl sites for hydroxylation is 2. The van der Waals surface area contributed by atoms with E-state index in [4.69, 9.17) is 5.73 Å². The van der Waals surface area contributed by atoms with Crippen molar-refractivity contribution < 1.29 is 0 Å². The lowest BCUT2D eigenvalue weighted by molar-refractivity contribution is 1.27. The van der Waals surface area contributed by atoms with E-state index in [-0.39, 0.29) is 0 Å². The molecule has 0 atom stereocenters. The molecule has 0 radical (unpaired) electrons. The van der Waals surface area contributed by atoms with Gasteiger partial charge in [0.1, 0.15) is 0 Å². The molecule has 0 aliphatic carbocycles. The molecule has 2 rings (SSSR count). The molecule has 0 spiro atoms. The summed E-state index contributed by atoms with van der Waals surface area (Å²) in [4.78, 5) is 2.43. The average Bonchev–Trinajstić information content (AvgIpc) is 2.27. The Morgan fingerprint density at radius 2 is 1.76 bits per heavy atom. The highest BCUT2D eigenvalue weighted by atomic mass is 79.9. The molecule has 88 valence electrons. The SMILES string of the molecule is Cc1ccc(Sc2ccc(N)cc2Br)cc1C. The molecule has 3 heteroatoms. The van der Waals surface area contributed by atoms with Gasteiger partial charge < -0.3 is 5.73 Å². The van der Waals surface area contributed by atoms with Gasteiger partial charge in [-0.1, -0.05) is 17.8 Å². The van der Waals surface area contributed by atoms with E-state index in [9.17, 15) is 0 Å². The summed E-state index contributed by atoms with van der Waals surface area (Å²) in [6.45, 7) is 4.26. The Morgan fingerprint density at radius 3 is 2.41 bits per heavy atom. The Morgan fingerprint density at radius 1 is 1.00 bits per heavy atom. The van der Waals surface area contributed by atoms with Crippen LogP contribution in [0.25, 0.3) is 0 Å². The van der Waals surface area contributed by atoms with Crippen molar-refractivity contribution in [1.82, 2.24) is 0 Å². The van der Waals surface area contributed by atoms with Crippen LogP contribution >= 0.6 is 27.7 Å². The first-order valence-electron chi connectivity index (χ1n) is 5.36. The van der Waals surface area contributed by atoms with Crippen molar-refractivity contribution in [3.05, 3.63) is 52.0 Å². The first-order chi connectivity index (χ1) is 8.06. The maximum absolute atomic E-state index is 5.73. The predicted molar refractivity (Wildman–Crippen MR) is 78.6 cm³/mol. The molecule has 0 heterocycles. The number of hydrogen-bond donors (Lipinski definition) is 1. The van der Waals surface area contributed by atoms with E-state index in [0.717, 1.165) is 10.2 Å². The Bertz CT molecular complexity index is 552. The van der Waals surface area contributed by atoms with E-state index in [2.05, 4.69) is 48.0 Å². The van der Waals surface area contributed by atoms with E-state index >= 15 is 0 Å². The summed E-state index contributed by atoms with van der Waals surface area (Å²) in [5, 5.41) is 0. The normalized spacial score (nSPS) is 10.5. The maximum atomic E-state index is 5.73. The fraction of sp³-hybridized carbons (Fsp3) is 0.143. The molecule has 0 saturated carbocycles. The molecular weight excluding hydrogens is 294 g/mol. The third-order valence-electron chi connectivity index (χ3n) is 2.66. The van der Waals surface area contributed by atoms with E-state index in [1.807, 2.05) is 18.2 Å². The molecule has 2 aromatic rings. The number of halogens is 1. The minimum atomic E-state index is 0.779. The quantitative estimate of drug-likeness (QED) is 0.807. The van der Waals surface area contributed by atoms with E-state index < -0.39 is 0 Å². The monoisotopic (exact) mass is 307 g/mol. The Hall–Kier alpha value is -0.930. The molecule has 0 bridgehead atoms. The van der Waals surface area contributed by atoms with Crippen molar-refractivity contribution in [2.45, 2.75) is 23.6 Å². The number of rotatable bonds is 2. The van der Waals surface area contributed by atoms with Crippen LogP contribution in [0.1, 0.15) is 11.1 Å². The van der Waals surface area contributed by atoms with Gasteiger partial charge in [-0.15, -0.1) is 0 Å². The zero-order valence-electron chi connectivity index (χ0n) is 9.83. The third-order valence-corrected chi connectivity index (χ3v) is 4.65. The van der Waals surface area contributed by atoms with Crippen molar-refractivity contribution in [1.29, 1.82) is 0 Å². The lowest BCUT2D eigenvalue weighted by Crippen LogP contribution is -1.85. The molecule has 0 saturated heterocycles. The summed E-state index contributed by atoms with van der Waals surface area (Å²) in [5.74, 6) is 0. The minimum Gasteiger partial charge on any atom is -0.399 e. The first-order valence-corrected chi connectivity index (χ1v) is 6.97. The second-order valence-corrected chi connectivity index (χ2v) is 6.01. The van der Waals surface area contributed by atoms with Crippen LogP contribution in [0, 0.1) is 13.8 Å². The van der Waals surface area contributed by atoms with E-state index in [0.29, 0.717) is 0 Å². The lowest BCUT2D eigenvalue weighted by atomic mass is 10.1. The van der Waals surface area contributed by atoms with Gasteiger partial charge in [-0.2, -0.15) is 0 Å². The molecule has 1 nitrogen and oxygen atoms in total. The average molecular weight is 308 g/mol. The Balaban J connectivity index is 2.28. The van der Waals surface area contributed by atoms with Gasteiger partial charge in [0.05, 0.1) is 0 Å². The summed E-state index contributed by atoms with van der Waals surface area (Å²) in [6.07, 6.45) is 0. The van der Waals surface area contributed by atoms with Crippen molar-refractivity contribution in [2.75, 3.05) is 5.73 Å². The van der Waals surface area contributed by atoms with Gasteiger partial charge in [0, 0.05) is 20.0 Å². The largest absolute Gasteiger partial charge is 0.399 e. The van der Waals surface area contributed by atoms with Crippen molar-refractivity contribution in [3.8, 4) is 0 Å². The number of hydrogen-bond acceptors (Lipinski definition) is 2. The third kappa shape index (κ3) is 3.05. The molecular formula is C14H14BrNS. The summed E-state index contributed by atoms with van der Waals surface area (Å²) in [5.41, 5.74) is 9.15. The zero-order valence-corrected chi connectivity index (χ0v) is 12.2. The summed E-state index contributed by atoms with van der Waals surface area (Å²) in [7, 11) is 0. The molecule has 0 aliphatic heterocycles. The van der Waals surface area contributed by atoms with Crippen molar-refractivity contribution in [2.24, 2.45) is 0 Å². The van der Waals surface area contributed by atoms with Gasteiger partial charge in [-0.05, 0) is 71.2 Å². The van der Waals surface area contributed by atoms with Crippen LogP contribution in [-0.2, 0) is 0 Å². The van der Waals surface area contributed by atoms with E-state index in [1.54, 1.807) is 11.8 Å². The molecule has 2 aromatic carbocycles. The van der Waals surface area contributed by atoms with Crippen LogP contribution in [0.5, 0.6) is 0 Å². The van der Waals surface area contributed by atoms with Gasteiger partial charge >= 0.3 is 0 Å².